The van der Waals surface area contributed by atoms with E-state index in [1.165, 1.54) is 30.6 Å². The number of aromatic nitrogens is 1. The van der Waals surface area contributed by atoms with Crippen LogP contribution in [0.3, 0.4) is 0 Å². The minimum atomic E-state index is -0.829. The summed E-state index contributed by atoms with van der Waals surface area (Å²) in [5, 5.41) is 15.1. The molecule has 4 nitrogen and oxygen atoms in total. The highest BCUT2D eigenvalue weighted by Gasteiger charge is 2.26. The number of nitrogens with zero attached hydrogens (tertiary/aromatic N) is 1. The lowest BCUT2D eigenvalue weighted by Crippen LogP contribution is -2.38. The zero-order valence-corrected chi connectivity index (χ0v) is 10.8. The number of hydrogen-bond donors (Lipinski definition) is 2. The van der Waals surface area contributed by atoms with Crippen molar-refractivity contribution in [2.45, 2.75) is 51.1 Å². The molecular weight excluding hydrogens is 236 g/mol. The molecule has 0 aliphatic heterocycles. The van der Waals surface area contributed by atoms with Gasteiger partial charge in [0.1, 0.15) is 5.01 Å². The van der Waals surface area contributed by atoms with Crippen LogP contribution in [0.4, 0.5) is 0 Å². The molecule has 1 aliphatic carbocycles. The third kappa shape index (κ3) is 3.26. The minimum absolute atomic E-state index is 0.328. The zero-order chi connectivity index (χ0) is 12.3. The van der Waals surface area contributed by atoms with Gasteiger partial charge in [-0.3, -0.25) is 10.1 Å². The minimum Gasteiger partial charge on any atom is -0.480 e. The van der Waals surface area contributed by atoms with E-state index in [0.29, 0.717) is 11.0 Å². The van der Waals surface area contributed by atoms with Gasteiger partial charge >= 0.3 is 5.97 Å². The first kappa shape index (κ1) is 12.5. The number of carboxylic acids is 1. The van der Waals surface area contributed by atoms with E-state index < -0.39 is 12.0 Å². The molecule has 1 aromatic heterocycles. The number of rotatable bonds is 4. The van der Waals surface area contributed by atoms with Gasteiger partial charge in [-0.2, -0.15) is 0 Å². The maximum absolute atomic E-state index is 11.3. The first-order chi connectivity index (χ1) is 8.16. The Morgan fingerprint density at radius 2 is 2.24 bits per heavy atom. The van der Waals surface area contributed by atoms with Crippen molar-refractivity contribution in [3.8, 4) is 0 Å². The highest BCUT2D eigenvalue weighted by molar-refractivity contribution is 7.09. The molecule has 2 N–H and O–H groups in total. The molecule has 94 valence electrons. The summed E-state index contributed by atoms with van der Waals surface area (Å²) in [5.41, 5.74) is 0.890. The van der Waals surface area contributed by atoms with Gasteiger partial charge in [0.2, 0.25) is 0 Å². The molecule has 1 aromatic rings. The normalized spacial score (nSPS) is 19.1. The SMILES string of the molecule is Cc1csc(C(NC2CCCCC2)C(=O)O)n1. The van der Waals surface area contributed by atoms with Crippen LogP contribution >= 0.6 is 11.3 Å². The van der Waals surface area contributed by atoms with Crippen LogP contribution in [0.25, 0.3) is 0 Å². The molecule has 0 saturated heterocycles. The van der Waals surface area contributed by atoms with Gasteiger partial charge in [0, 0.05) is 17.1 Å². The Bertz CT molecular complexity index is 386. The van der Waals surface area contributed by atoms with Crippen LogP contribution < -0.4 is 5.32 Å². The van der Waals surface area contributed by atoms with Gasteiger partial charge < -0.3 is 5.11 Å². The molecule has 2 rings (SSSR count). The molecule has 1 fully saturated rings. The Labute approximate surface area is 105 Å². The third-order valence-electron chi connectivity index (χ3n) is 3.14. The Balaban J connectivity index is 2.04. The van der Waals surface area contributed by atoms with Gasteiger partial charge in [-0.15, -0.1) is 11.3 Å². The fourth-order valence-corrected chi connectivity index (χ4v) is 3.10. The van der Waals surface area contributed by atoms with Crippen LogP contribution in [0.15, 0.2) is 5.38 Å². The molecule has 1 heterocycles. The number of carbonyl (C=O) groups is 1. The van der Waals surface area contributed by atoms with E-state index in [0.717, 1.165) is 18.5 Å². The largest absolute Gasteiger partial charge is 0.480 e. The molecular formula is C12H18N2O2S. The first-order valence-corrected chi connectivity index (χ1v) is 6.95. The fourth-order valence-electron chi connectivity index (χ4n) is 2.26. The van der Waals surface area contributed by atoms with E-state index in [2.05, 4.69) is 10.3 Å². The topological polar surface area (TPSA) is 62.2 Å². The summed E-state index contributed by atoms with van der Waals surface area (Å²) < 4.78 is 0. The summed E-state index contributed by atoms with van der Waals surface area (Å²) in [5.74, 6) is -0.829. The second-order valence-electron chi connectivity index (χ2n) is 4.60. The van der Waals surface area contributed by atoms with E-state index in [4.69, 9.17) is 0 Å². The number of thiazole rings is 1. The van der Waals surface area contributed by atoms with Crippen LogP contribution in [0.1, 0.15) is 48.8 Å². The van der Waals surface area contributed by atoms with Gasteiger partial charge in [0.25, 0.3) is 0 Å². The maximum Gasteiger partial charge on any atom is 0.327 e. The Kier molecular flexibility index (Phi) is 4.12. The molecule has 1 saturated carbocycles. The van der Waals surface area contributed by atoms with Crippen molar-refractivity contribution in [3.05, 3.63) is 16.1 Å². The van der Waals surface area contributed by atoms with Crippen LogP contribution in [0, 0.1) is 6.92 Å². The number of carboxylic acid groups (broad SMARTS) is 1. The van der Waals surface area contributed by atoms with E-state index in [1.807, 2.05) is 12.3 Å². The van der Waals surface area contributed by atoms with Crippen molar-refractivity contribution in [1.29, 1.82) is 0 Å². The highest BCUT2D eigenvalue weighted by Crippen LogP contribution is 2.23. The van der Waals surface area contributed by atoms with Crippen molar-refractivity contribution < 1.29 is 9.90 Å². The maximum atomic E-state index is 11.3. The van der Waals surface area contributed by atoms with Gasteiger partial charge in [0.05, 0.1) is 0 Å². The predicted octanol–water partition coefficient (Wildman–Crippen LogP) is 2.50. The van der Waals surface area contributed by atoms with E-state index >= 15 is 0 Å². The summed E-state index contributed by atoms with van der Waals surface area (Å²) in [4.78, 5) is 15.6. The smallest absolute Gasteiger partial charge is 0.327 e. The van der Waals surface area contributed by atoms with Gasteiger partial charge in [-0.25, -0.2) is 4.98 Å². The van der Waals surface area contributed by atoms with Crippen LogP contribution in [-0.4, -0.2) is 22.1 Å². The summed E-state index contributed by atoms with van der Waals surface area (Å²) in [6.45, 7) is 1.89. The fraction of sp³-hybridized carbons (Fsp3) is 0.667. The molecule has 5 heteroatoms. The molecule has 1 aliphatic rings. The second kappa shape index (κ2) is 5.60. The predicted molar refractivity (Wildman–Crippen MR) is 67.2 cm³/mol. The average Bonchev–Trinajstić information content (AvgIpc) is 2.73. The molecule has 17 heavy (non-hydrogen) atoms. The molecule has 0 bridgehead atoms. The number of hydrogen-bond acceptors (Lipinski definition) is 4. The molecule has 0 aromatic carbocycles. The zero-order valence-electron chi connectivity index (χ0n) is 9.98. The number of aryl methyl sites for hydroxylation is 1. The van der Waals surface area contributed by atoms with Crippen molar-refractivity contribution >= 4 is 17.3 Å². The molecule has 1 atom stereocenters. The van der Waals surface area contributed by atoms with Crippen molar-refractivity contribution in [2.24, 2.45) is 0 Å². The lowest BCUT2D eigenvalue weighted by molar-refractivity contribution is -0.140. The molecule has 0 spiro atoms. The van der Waals surface area contributed by atoms with Crippen molar-refractivity contribution in [1.82, 2.24) is 10.3 Å². The third-order valence-corrected chi connectivity index (χ3v) is 4.17. The average molecular weight is 254 g/mol. The van der Waals surface area contributed by atoms with Gasteiger partial charge in [-0.1, -0.05) is 19.3 Å². The quantitative estimate of drug-likeness (QED) is 0.866. The Hall–Kier alpha value is -0.940. The van der Waals surface area contributed by atoms with E-state index in [-0.39, 0.29) is 0 Å². The van der Waals surface area contributed by atoms with Crippen LogP contribution in [0.5, 0.6) is 0 Å². The molecule has 0 radical (unpaired) electrons. The standard InChI is InChI=1S/C12H18N2O2S/c1-8-7-17-11(13-8)10(12(15)16)14-9-5-3-2-4-6-9/h7,9-10,14H,2-6H2,1H3,(H,15,16). The second-order valence-corrected chi connectivity index (χ2v) is 5.49. The summed E-state index contributed by atoms with van der Waals surface area (Å²) in [6.07, 6.45) is 5.82. The van der Waals surface area contributed by atoms with Gasteiger partial charge in [-0.05, 0) is 19.8 Å². The summed E-state index contributed by atoms with van der Waals surface area (Å²) >= 11 is 1.42. The number of aliphatic carboxylic acids is 1. The van der Waals surface area contributed by atoms with Crippen LogP contribution in [-0.2, 0) is 4.79 Å². The Morgan fingerprint density at radius 3 is 2.76 bits per heavy atom. The highest BCUT2D eigenvalue weighted by atomic mass is 32.1. The van der Waals surface area contributed by atoms with Gasteiger partial charge in [0.15, 0.2) is 6.04 Å². The first-order valence-electron chi connectivity index (χ1n) is 6.07. The Morgan fingerprint density at radius 1 is 1.53 bits per heavy atom. The lowest BCUT2D eigenvalue weighted by atomic mass is 9.95. The summed E-state index contributed by atoms with van der Waals surface area (Å²) in [7, 11) is 0. The van der Waals surface area contributed by atoms with Crippen molar-refractivity contribution in [2.75, 3.05) is 0 Å². The lowest BCUT2D eigenvalue weighted by Gasteiger charge is -2.25. The van der Waals surface area contributed by atoms with Crippen LogP contribution in [0.2, 0.25) is 0 Å². The monoisotopic (exact) mass is 254 g/mol. The van der Waals surface area contributed by atoms with E-state index in [1.54, 1.807) is 0 Å². The summed E-state index contributed by atoms with van der Waals surface area (Å²) in [6, 6.07) is -0.314. The van der Waals surface area contributed by atoms with E-state index in [9.17, 15) is 9.90 Å². The molecule has 0 amide bonds. The number of nitrogens with one attached hydrogen (secondary N) is 1. The molecule has 1 unspecified atom stereocenters. The van der Waals surface area contributed by atoms with Crippen molar-refractivity contribution in [3.63, 3.8) is 0 Å².